The predicted octanol–water partition coefficient (Wildman–Crippen LogP) is 3.14. The van der Waals surface area contributed by atoms with E-state index in [0.29, 0.717) is 16.6 Å². The van der Waals surface area contributed by atoms with Crippen molar-refractivity contribution in [3.63, 3.8) is 0 Å². The minimum atomic E-state index is 0.543. The highest BCUT2D eigenvalue weighted by atomic mass is 35.5. The van der Waals surface area contributed by atoms with Gasteiger partial charge in [-0.25, -0.2) is 0 Å². The van der Waals surface area contributed by atoms with Crippen LogP contribution in [0.3, 0.4) is 0 Å². The fraction of sp³-hybridized carbons (Fsp3) is 0.417. The van der Waals surface area contributed by atoms with Crippen molar-refractivity contribution in [3.8, 4) is 0 Å². The second-order valence-electron chi connectivity index (χ2n) is 3.81. The lowest BCUT2D eigenvalue weighted by Gasteiger charge is -2.24. The maximum absolute atomic E-state index is 11.0. The highest BCUT2D eigenvalue weighted by Crippen LogP contribution is 2.34. The maximum Gasteiger partial charge on any atom is 0.153 e. The van der Waals surface area contributed by atoms with Crippen LogP contribution in [-0.2, 0) is 0 Å². The van der Waals surface area contributed by atoms with Crippen molar-refractivity contribution in [1.82, 2.24) is 0 Å². The summed E-state index contributed by atoms with van der Waals surface area (Å²) in [7, 11) is 0. The normalized spacial score (nSPS) is 15.1. The van der Waals surface area contributed by atoms with Gasteiger partial charge in [0.15, 0.2) is 6.29 Å². The molecule has 2 rings (SSSR count). The quantitative estimate of drug-likeness (QED) is 0.731. The monoisotopic (exact) mass is 223 g/mol. The summed E-state index contributed by atoms with van der Waals surface area (Å²) in [6.45, 7) is 3.03. The Hall–Kier alpha value is -1.02. The minimum Gasteiger partial charge on any atom is -0.368 e. The smallest absolute Gasteiger partial charge is 0.153 e. The summed E-state index contributed by atoms with van der Waals surface area (Å²) in [5.74, 6) is 0. The van der Waals surface area contributed by atoms with Crippen molar-refractivity contribution >= 4 is 23.6 Å². The largest absolute Gasteiger partial charge is 0.368 e. The average molecular weight is 224 g/mol. The van der Waals surface area contributed by atoms with Gasteiger partial charge in [0, 0.05) is 18.3 Å². The zero-order valence-electron chi connectivity index (χ0n) is 8.74. The lowest BCUT2D eigenvalue weighted by atomic mass is 10.1. The van der Waals surface area contributed by atoms with E-state index in [1.165, 1.54) is 12.8 Å². The van der Waals surface area contributed by atoms with Crippen LogP contribution in [0.15, 0.2) is 18.2 Å². The number of hydrogen-bond donors (Lipinski definition) is 0. The molecule has 1 aromatic carbocycles. The van der Waals surface area contributed by atoms with E-state index in [0.717, 1.165) is 18.5 Å². The Morgan fingerprint density at radius 1 is 1.53 bits per heavy atom. The number of nitrogens with zero attached hydrogens (tertiary/aromatic N) is 1. The second kappa shape index (κ2) is 4.23. The lowest BCUT2D eigenvalue weighted by molar-refractivity contribution is 0.112. The molecule has 1 aliphatic rings. The lowest BCUT2D eigenvalue weighted by Crippen LogP contribution is -2.26. The zero-order chi connectivity index (χ0) is 10.8. The van der Waals surface area contributed by atoms with Gasteiger partial charge in [-0.15, -0.1) is 0 Å². The van der Waals surface area contributed by atoms with Gasteiger partial charge in [-0.3, -0.25) is 4.79 Å². The highest BCUT2D eigenvalue weighted by Gasteiger charge is 2.29. The Morgan fingerprint density at radius 2 is 2.27 bits per heavy atom. The van der Waals surface area contributed by atoms with Crippen LogP contribution in [0, 0.1) is 0 Å². The van der Waals surface area contributed by atoms with Crippen molar-refractivity contribution in [2.45, 2.75) is 25.8 Å². The Morgan fingerprint density at radius 3 is 2.80 bits per heavy atom. The molecule has 2 nitrogen and oxygen atoms in total. The van der Waals surface area contributed by atoms with Crippen LogP contribution in [-0.4, -0.2) is 18.9 Å². The van der Waals surface area contributed by atoms with E-state index in [-0.39, 0.29) is 0 Å². The summed E-state index contributed by atoms with van der Waals surface area (Å²) in [6.07, 6.45) is 3.29. The summed E-state index contributed by atoms with van der Waals surface area (Å²) in [5.41, 5.74) is 1.59. The molecule has 0 atom stereocenters. The molecule has 0 saturated heterocycles. The number of carbonyl (C=O) groups is 1. The number of rotatable bonds is 4. The van der Waals surface area contributed by atoms with Gasteiger partial charge < -0.3 is 4.90 Å². The van der Waals surface area contributed by atoms with Crippen molar-refractivity contribution in [3.05, 3.63) is 28.8 Å². The third-order valence-electron chi connectivity index (χ3n) is 2.79. The molecule has 0 N–H and O–H groups in total. The zero-order valence-corrected chi connectivity index (χ0v) is 9.50. The fourth-order valence-corrected chi connectivity index (χ4v) is 2.12. The van der Waals surface area contributed by atoms with Crippen molar-refractivity contribution in [2.75, 3.05) is 11.4 Å². The van der Waals surface area contributed by atoms with E-state index in [2.05, 4.69) is 11.8 Å². The molecule has 0 aliphatic heterocycles. The standard InChI is InChI=1S/C12H14ClNO/c1-2-14(9-6-7-9)12-5-3-4-11(13)10(12)8-15/h3-5,8-9H,2,6-7H2,1H3. The molecule has 0 spiro atoms. The van der Waals surface area contributed by atoms with Crippen LogP contribution in [0.1, 0.15) is 30.1 Å². The molecule has 15 heavy (non-hydrogen) atoms. The molecule has 0 heterocycles. The van der Waals surface area contributed by atoms with Gasteiger partial charge in [0.25, 0.3) is 0 Å². The average Bonchev–Trinajstić information content (AvgIpc) is 3.04. The summed E-state index contributed by atoms with van der Waals surface area (Å²) in [4.78, 5) is 13.3. The minimum absolute atomic E-state index is 0.543. The van der Waals surface area contributed by atoms with Crippen molar-refractivity contribution in [1.29, 1.82) is 0 Å². The van der Waals surface area contributed by atoms with Crippen LogP contribution < -0.4 is 4.90 Å². The van der Waals surface area contributed by atoms with Crippen molar-refractivity contribution < 1.29 is 4.79 Å². The summed E-state index contributed by atoms with van der Waals surface area (Å²) >= 11 is 6.00. The number of halogens is 1. The second-order valence-corrected chi connectivity index (χ2v) is 4.21. The number of hydrogen-bond acceptors (Lipinski definition) is 2. The first-order valence-corrected chi connectivity index (χ1v) is 5.66. The van der Waals surface area contributed by atoms with Gasteiger partial charge in [-0.2, -0.15) is 0 Å². The van der Waals surface area contributed by atoms with Crippen LogP contribution in [0.5, 0.6) is 0 Å². The SMILES string of the molecule is CCN(c1cccc(Cl)c1C=O)C1CC1. The van der Waals surface area contributed by atoms with Gasteiger partial charge in [-0.05, 0) is 31.9 Å². The molecule has 1 fully saturated rings. The molecule has 1 aliphatic carbocycles. The summed E-state index contributed by atoms with van der Waals surface area (Å²) < 4.78 is 0. The van der Waals surface area contributed by atoms with Crippen LogP contribution in [0.25, 0.3) is 0 Å². The van der Waals surface area contributed by atoms with E-state index in [4.69, 9.17) is 11.6 Å². The molecule has 0 aromatic heterocycles. The Balaban J connectivity index is 2.40. The number of carbonyl (C=O) groups excluding carboxylic acids is 1. The first kappa shape index (κ1) is 10.5. The van der Waals surface area contributed by atoms with E-state index >= 15 is 0 Å². The number of aldehydes is 1. The van der Waals surface area contributed by atoms with Gasteiger partial charge in [-0.1, -0.05) is 17.7 Å². The molecule has 1 saturated carbocycles. The third kappa shape index (κ3) is 2.00. The summed E-state index contributed by atoms with van der Waals surface area (Å²) in [5, 5.41) is 0.543. The molecule has 0 unspecified atom stereocenters. The molecule has 80 valence electrons. The molecule has 3 heteroatoms. The first-order valence-electron chi connectivity index (χ1n) is 5.28. The van der Waals surface area contributed by atoms with Crippen LogP contribution in [0.2, 0.25) is 5.02 Å². The Bertz CT molecular complexity index is 374. The van der Waals surface area contributed by atoms with E-state index < -0.39 is 0 Å². The third-order valence-corrected chi connectivity index (χ3v) is 3.12. The van der Waals surface area contributed by atoms with E-state index in [1.807, 2.05) is 12.1 Å². The van der Waals surface area contributed by atoms with Crippen LogP contribution >= 0.6 is 11.6 Å². The van der Waals surface area contributed by atoms with E-state index in [9.17, 15) is 4.79 Å². The summed E-state index contributed by atoms with van der Waals surface area (Å²) in [6, 6.07) is 6.23. The van der Waals surface area contributed by atoms with Crippen LogP contribution in [0.4, 0.5) is 5.69 Å². The first-order chi connectivity index (χ1) is 7.27. The highest BCUT2D eigenvalue weighted by molar-refractivity contribution is 6.33. The van der Waals surface area contributed by atoms with Gasteiger partial charge in [0.2, 0.25) is 0 Å². The van der Waals surface area contributed by atoms with Gasteiger partial charge in [0.1, 0.15) is 0 Å². The van der Waals surface area contributed by atoms with Crippen molar-refractivity contribution in [2.24, 2.45) is 0 Å². The molecular weight excluding hydrogens is 210 g/mol. The topological polar surface area (TPSA) is 20.3 Å². The molecule has 0 bridgehead atoms. The van der Waals surface area contributed by atoms with E-state index in [1.54, 1.807) is 6.07 Å². The molecule has 0 radical (unpaired) electrons. The van der Waals surface area contributed by atoms with Gasteiger partial charge >= 0.3 is 0 Å². The van der Waals surface area contributed by atoms with Gasteiger partial charge in [0.05, 0.1) is 10.6 Å². The number of anilines is 1. The Labute approximate surface area is 94.8 Å². The fourth-order valence-electron chi connectivity index (χ4n) is 1.90. The molecular formula is C12H14ClNO. The Kier molecular flexibility index (Phi) is 2.96. The molecule has 0 amide bonds. The molecule has 1 aromatic rings. The number of benzene rings is 1. The maximum atomic E-state index is 11.0. The predicted molar refractivity (Wildman–Crippen MR) is 62.9 cm³/mol.